The molecular weight excluding hydrogens is 318 g/mol. The summed E-state index contributed by atoms with van der Waals surface area (Å²) in [6, 6.07) is 5.37. The van der Waals surface area contributed by atoms with Crippen LogP contribution in [0.15, 0.2) is 29.0 Å². The number of benzene rings is 1. The molecule has 2 aromatic rings. The molecule has 18 heavy (non-hydrogen) atoms. The Kier molecular flexibility index (Phi) is 4.04. The van der Waals surface area contributed by atoms with Gasteiger partial charge in [-0.05, 0) is 24.6 Å². The zero-order chi connectivity index (χ0) is 13.1. The summed E-state index contributed by atoms with van der Waals surface area (Å²) in [4.78, 5) is 8.02. The Labute approximate surface area is 118 Å². The van der Waals surface area contributed by atoms with Crippen LogP contribution in [0.1, 0.15) is 12.5 Å². The van der Waals surface area contributed by atoms with Crippen molar-refractivity contribution in [2.75, 3.05) is 5.73 Å². The largest absolute Gasteiger partial charge is 0.437 e. The number of aromatic nitrogens is 2. The number of nitrogens with zero attached hydrogens (tertiary/aromatic N) is 2. The Hall–Kier alpha value is -1.33. The van der Waals surface area contributed by atoms with Crippen LogP contribution in [0.5, 0.6) is 11.6 Å². The SMILES string of the molecule is CCc1c(N)ncnc1Oc1ccc(Br)cc1Cl. The molecule has 1 aromatic carbocycles. The normalized spacial score (nSPS) is 10.4. The number of nitrogen functional groups attached to an aromatic ring is 1. The highest BCUT2D eigenvalue weighted by atomic mass is 79.9. The van der Waals surface area contributed by atoms with Crippen LogP contribution in [-0.4, -0.2) is 9.97 Å². The van der Waals surface area contributed by atoms with Gasteiger partial charge in [0.05, 0.1) is 10.6 Å². The Morgan fingerprint density at radius 3 is 2.83 bits per heavy atom. The lowest BCUT2D eigenvalue weighted by Gasteiger charge is -2.11. The van der Waals surface area contributed by atoms with Gasteiger partial charge >= 0.3 is 0 Å². The molecule has 0 spiro atoms. The van der Waals surface area contributed by atoms with Crippen molar-refractivity contribution in [2.45, 2.75) is 13.3 Å². The lowest BCUT2D eigenvalue weighted by Crippen LogP contribution is -2.01. The maximum Gasteiger partial charge on any atom is 0.227 e. The molecule has 0 saturated heterocycles. The van der Waals surface area contributed by atoms with E-state index in [9.17, 15) is 0 Å². The van der Waals surface area contributed by atoms with Gasteiger partial charge in [-0.3, -0.25) is 0 Å². The van der Waals surface area contributed by atoms with Crippen LogP contribution < -0.4 is 10.5 Å². The summed E-state index contributed by atoms with van der Waals surface area (Å²) >= 11 is 9.42. The molecular formula is C12H11BrClN3O. The third-order valence-electron chi connectivity index (χ3n) is 2.39. The average Bonchev–Trinajstić information content (AvgIpc) is 2.33. The minimum atomic E-state index is 0.427. The first-order valence-electron chi connectivity index (χ1n) is 5.34. The minimum Gasteiger partial charge on any atom is -0.437 e. The Morgan fingerprint density at radius 1 is 1.39 bits per heavy atom. The quantitative estimate of drug-likeness (QED) is 0.930. The summed E-state index contributed by atoms with van der Waals surface area (Å²) in [5.41, 5.74) is 6.55. The minimum absolute atomic E-state index is 0.427. The summed E-state index contributed by atoms with van der Waals surface area (Å²) in [5, 5.41) is 0.503. The van der Waals surface area contributed by atoms with Crippen LogP contribution >= 0.6 is 27.5 Å². The molecule has 2 N–H and O–H groups in total. The number of hydrogen-bond acceptors (Lipinski definition) is 4. The molecule has 0 aliphatic heterocycles. The fourth-order valence-electron chi connectivity index (χ4n) is 1.49. The summed E-state index contributed by atoms with van der Waals surface area (Å²) in [6.07, 6.45) is 2.06. The highest BCUT2D eigenvalue weighted by Gasteiger charge is 2.11. The van der Waals surface area contributed by atoms with Crippen molar-refractivity contribution >= 4 is 33.3 Å². The smallest absolute Gasteiger partial charge is 0.227 e. The first-order valence-corrected chi connectivity index (χ1v) is 6.51. The van der Waals surface area contributed by atoms with Crippen LogP contribution in [0, 0.1) is 0 Å². The molecule has 2 rings (SSSR count). The van der Waals surface area contributed by atoms with Gasteiger partial charge in [0.1, 0.15) is 17.9 Å². The van der Waals surface area contributed by atoms with Crippen molar-refractivity contribution in [3.8, 4) is 11.6 Å². The molecule has 0 saturated carbocycles. The molecule has 1 heterocycles. The zero-order valence-electron chi connectivity index (χ0n) is 9.65. The van der Waals surface area contributed by atoms with Crippen molar-refractivity contribution in [3.63, 3.8) is 0 Å². The van der Waals surface area contributed by atoms with E-state index in [1.54, 1.807) is 12.1 Å². The van der Waals surface area contributed by atoms with Crippen LogP contribution in [0.25, 0.3) is 0 Å². The van der Waals surface area contributed by atoms with Gasteiger partial charge in [-0.15, -0.1) is 0 Å². The molecule has 0 radical (unpaired) electrons. The van der Waals surface area contributed by atoms with Gasteiger partial charge in [-0.1, -0.05) is 34.5 Å². The van der Waals surface area contributed by atoms with Crippen LogP contribution in [-0.2, 0) is 6.42 Å². The number of nitrogens with two attached hydrogens (primary N) is 1. The van der Waals surface area contributed by atoms with Gasteiger partial charge in [0, 0.05) is 4.47 Å². The summed E-state index contributed by atoms with van der Waals surface area (Å²) in [6.45, 7) is 1.96. The third-order valence-corrected chi connectivity index (χ3v) is 3.18. The maximum absolute atomic E-state index is 6.09. The summed E-state index contributed by atoms with van der Waals surface area (Å²) in [7, 11) is 0. The monoisotopic (exact) mass is 327 g/mol. The van der Waals surface area contributed by atoms with Crippen molar-refractivity contribution in [1.82, 2.24) is 9.97 Å². The molecule has 0 aliphatic carbocycles. The summed E-state index contributed by atoms with van der Waals surface area (Å²) in [5.74, 6) is 1.40. The van der Waals surface area contributed by atoms with E-state index in [-0.39, 0.29) is 0 Å². The fourth-order valence-corrected chi connectivity index (χ4v) is 2.20. The molecule has 0 unspecified atom stereocenters. The molecule has 1 aromatic heterocycles. The van der Waals surface area contributed by atoms with Gasteiger partial charge in [0.2, 0.25) is 5.88 Å². The highest BCUT2D eigenvalue weighted by molar-refractivity contribution is 9.10. The zero-order valence-corrected chi connectivity index (χ0v) is 12.0. The second-order valence-corrected chi connectivity index (χ2v) is 4.90. The first-order chi connectivity index (χ1) is 8.61. The summed E-state index contributed by atoms with van der Waals surface area (Å²) < 4.78 is 6.57. The van der Waals surface area contributed by atoms with Gasteiger partial charge in [0.15, 0.2) is 0 Å². The Morgan fingerprint density at radius 2 is 2.17 bits per heavy atom. The second-order valence-electron chi connectivity index (χ2n) is 3.57. The molecule has 0 aliphatic rings. The molecule has 0 fully saturated rings. The van der Waals surface area contributed by atoms with E-state index in [1.807, 2.05) is 13.0 Å². The molecule has 4 nitrogen and oxygen atoms in total. The number of hydrogen-bond donors (Lipinski definition) is 1. The number of ether oxygens (including phenoxy) is 1. The van der Waals surface area contributed by atoms with Gasteiger partial charge < -0.3 is 10.5 Å². The van der Waals surface area contributed by atoms with E-state index in [1.165, 1.54) is 6.33 Å². The predicted octanol–water partition coefficient (Wildman–Crippen LogP) is 3.83. The van der Waals surface area contributed by atoms with Crippen LogP contribution in [0.3, 0.4) is 0 Å². The van der Waals surface area contributed by atoms with Gasteiger partial charge in [-0.2, -0.15) is 0 Å². The van der Waals surface area contributed by atoms with E-state index in [4.69, 9.17) is 22.1 Å². The van der Waals surface area contributed by atoms with E-state index in [0.717, 1.165) is 10.0 Å². The molecule has 6 heteroatoms. The topological polar surface area (TPSA) is 61.0 Å². The predicted molar refractivity (Wildman–Crippen MR) is 75.0 cm³/mol. The van der Waals surface area contributed by atoms with Crippen LogP contribution in [0.2, 0.25) is 5.02 Å². The van der Waals surface area contributed by atoms with Crippen LogP contribution in [0.4, 0.5) is 5.82 Å². The van der Waals surface area contributed by atoms with E-state index < -0.39 is 0 Å². The third kappa shape index (κ3) is 2.73. The standard InChI is InChI=1S/C12H11BrClN3O/c1-2-8-11(15)16-6-17-12(8)18-10-4-3-7(13)5-9(10)14/h3-6H,2H2,1H3,(H2,15,16,17). The average molecular weight is 329 g/mol. The van der Waals surface area contributed by atoms with E-state index >= 15 is 0 Å². The van der Waals surface area contributed by atoms with Crippen molar-refractivity contribution in [2.24, 2.45) is 0 Å². The number of rotatable bonds is 3. The lowest BCUT2D eigenvalue weighted by molar-refractivity contribution is 0.456. The molecule has 0 amide bonds. The molecule has 0 bridgehead atoms. The Balaban J connectivity index is 2.37. The second kappa shape index (κ2) is 5.54. The van der Waals surface area contributed by atoms with Crippen molar-refractivity contribution in [1.29, 1.82) is 0 Å². The van der Waals surface area contributed by atoms with E-state index in [2.05, 4.69) is 25.9 Å². The number of anilines is 1. The highest BCUT2D eigenvalue weighted by Crippen LogP contribution is 2.33. The molecule has 94 valence electrons. The maximum atomic E-state index is 6.09. The van der Waals surface area contributed by atoms with Crippen molar-refractivity contribution < 1.29 is 4.74 Å². The number of halogens is 2. The van der Waals surface area contributed by atoms with Gasteiger partial charge in [-0.25, -0.2) is 9.97 Å². The molecule has 0 atom stereocenters. The van der Waals surface area contributed by atoms with Gasteiger partial charge in [0.25, 0.3) is 0 Å². The fraction of sp³-hybridized carbons (Fsp3) is 0.167. The Bertz CT molecular complexity index is 577. The first kappa shape index (κ1) is 13.1. The van der Waals surface area contributed by atoms with E-state index in [0.29, 0.717) is 28.9 Å². The lowest BCUT2D eigenvalue weighted by atomic mass is 10.2. The van der Waals surface area contributed by atoms with Crippen molar-refractivity contribution in [3.05, 3.63) is 39.6 Å².